The fourth-order valence-corrected chi connectivity index (χ4v) is 9.15. The second kappa shape index (κ2) is 7.88. The largest absolute Gasteiger partial charge is 0.497 e. The Kier molecular flexibility index (Phi) is 4.61. The number of benzene rings is 4. The van der Waals surface area contributed by atoms with Gasteiger partial charge in [0.05, 0.1) is 28.4 Å². The van der Waals surface area contributed by atoms with Gasteiger partial charge in [0.25, 0.3) is 0 Å². The Morgan fingerprint density at radius 2 is 0.690 bits per heavy atom. The molecule has 0 amide bonds. The molecule has 0 spiro atoms. The van der Waals surface area contributed by atoms with Gasteiger partial charge in [-0.25, -0.2) is 0 Å². The Hall–Kier alpha value is -4.00. The number of methoxy groups -OCH3 is 4. The van der Waals surface area contributed by atoms with Gasteiger partial charge in [-0.1, -0.05) is 24.3 Å². The maximum absolute atomic E-state index is 7.96. The van der Waals surface area contributed by atoms with Crippen LogP contribution >= 0.6 is 0 Å². The molecule has 6 heteroatoms. The first kappa shape index (κ1) is 24.6. The number of ether oxygens (including phenoxy) is 6. The third-order valence-corrected chi connectivity index (χ3v) is 10.7. The van der Waals surface area contributed by atoms with Gasteiger partial charge in [0, 0.05) is 25.7 Å². The third-order valence-electron chi connectivity index (χ3n) is 10.7. The molecule has 1 aliphatic heterocycles. The smallest absolute Gasteiger partial charge is 0.149 e. The minimum absolute atomic E-state index is 0.664. The van der Waals surface area contributed by atoms with Crippen molar-refractivity contribution in [2.24, 2.45) is 0 Å². The molecule has 1 saturated heterocycles. The average Bonchev–Trinajstić information content (AvgIpc) is 3.63. The second-order valence-electron chi connectivity index (χ2n) is 12.4. The fourth-order valence-electron chi connectivity index (χ4n) is 9.15. The number of hydrogen-bond donors (Lipinski definition) is 0. The molecule has 0 unspecified atom stereocenters. The zero-order valence-electron chi connectivity index (χ0n) is 24.2. The van der Waals surface area contributed by atoms with E-state index >= 15 is 0 Å². The van der Waals surface area contributed by atoms with E-state index in [1.807, 2.05) is 0 Å². The van der Waals surface area contributed by atoms with Crippen molar-refractivity contribution in [2.45, 2.75) is 48.1 Å². The molecule has 6 nitrogen and oxygen atoms in total. The Balaban J connectivity index is 1.34. The highest BCUT2D eigenvalue weighted by Gasteiger charge is 2.79. The average molecular weight is 561 g/mol. The molecule has 0 N–H and O–H groups in total. The van der Waals surface area contributed by atoms with Crippen LogP contribution in [0.3, 0.4) is 0 Å². The van der Waals surface area contributed by atoms with Gasteiger partial charge in [0.1, 0.15) is 45.4 Å². The van der Waals surface area contributed by atoms with Crippen LogP contribution in [0.2, 0.25) is 0 Å². The second-order valence-corrected chi connectivity index (χ2v) is 12.4. The monoisotopic (exact) mass is 560 g/mol. The highest BCUT2D eigenvalue weighted by Crippen LogP contribution is 2.73. The summed E-state index contributed by atoms with van der Waals surface area (Å²) in [6, 6.07) is 25.6. The number of rotatable bonds is 4. The van der Waals surface area contributed by atoms with Crippen LogP contribution in [0.1, 0.15) is 44.5 Å². The van der Waals surface area contributed by atoms with Crippen LogP contribution in [0, 0.1) is 0 Å². The summed E-state index contributed by atoms with van der Waals surface area (Å²) < 4.78 is 38.6. The lowest BCUT2D eigenvalue weighted by Crippen LogP contribution is -2.69. The predicted octanol–water partition coefficient (Wildman–Crippen LogP) is 5.66. The molecular formula is C36H32O6. The van der Waals surface area contributed by atoms with Gasteiger partial charge >= 0.3 is 0 Å². The summed E-state index contributed by atoms with van der Waals surface area (Å²) in [6.07, 6.45) is 2.85. The molecule has 0 bridgehead atoms. The molecule has 0 atom stereocenters. The van der Waals surface area contributed by atoms with Gasteiger partial charge in [-0.05, 0) is 93.0 Å². The minimum Gasteiger partial charge on any atom is -0.497 e. The van der Waals surface area contributed by atoms with Crippen LogP contribution in [0.15, 0.2) is 72.8 Å². The number of fused-ring (bicyclic) bond motifs is 4. The maximum Gasteiger partial charge on any atom is 0.149 e. The van der Waals surface area contributed by atoms with E-state index in [4.69, 9.17) is 28.4 Å². The van der Waals surface area contributed by atoms with Crippen molar-refractivity contribution in [3.8, 4) is 23.0 Å². The molecule has 9 rings (SSSR count). The summed E-state index contributed by atoms with van der Waals surface area (Å²) in [4.78, 5) is 0. The minimum atomic E-state index is -0.780. The Bertz CT molecular complexity index is 1570. The first-order chi connectivity index (χ1) is 20.4. The summed E-state index contributed by atoms with van der Waals surface area (Å²) in [6.45, 7) is 0. The summed E-state index contributed by atoms with van der Waals surface area (Å²) in [5, 5.41) is 0. The lowest BCUT2D eigenvalue weighted by atomic mass is 9.73. The normalized spacial score (nSPS) is 30.2. The Labute approximate surface area is 245 Å². The summed E-state index contributed by atoms with van der Waals surface area (Å²) in [7, 11) is 6.88. The third kappa shape index (κ3) is 2.61. The van der Waals surface area contributed by atoms with Crippen LogP contribution in [0.5, 0.6) is 23.0 Å². The Morgan fingerprint density at radius 3 is 0.929 bits per heavy atom. The lowest BCUT2D eigenvalue weighted by Gasteiger charge is -2.59. The van der Waals surface area contributed by atoms with Crippen molar-refractivity contribution in [1.29, 1.82) is 0 Å². The van der Waals surface area contributed by atoms with E-state index in [2.05, 4.69) is 72.8 Å². The van der Waals surface area contributed by atoms with Crippen LogP contribution in [-0.2, 0) is 46.4 Å². The van der Waals surface area contributed by atoms with Crippen molar-refractivity contribution in [3.05, 3.63) is 117 Å². The molecule has 0 aromatic heterocycles. The topological polar surface area (TPSA) is 55.4 Å². The van der Waals surface area contributed by atoms with E-state index in [1.165, 1.54) is 22.3 Å². The molecule has 4 aromatic carbocycles. The van der Waals surface area contributed by atoms with E-state index in [-0.39, 0.29) is 0 Å². The molecule has 212 valence electrons. The SMILES string of the molecule is COc1ccc2c(c1)CC13Cc4cc(OC)ccc4C21OC12Cc4cc(OC)ccc4C1(O3)c1ccc(OC)cc1C2. The van der Waals surface area contributed by atoms with Gasteiger partial charge in [0.15, 0.2) is 0 Å². The van der Waals surface area contributed by atoms with Crippen LogP contribution in [0.4, 0.5) is 0 Å². The molecule has 4 aliphatic carbocycles. The van der Waals surface area contributed by atoms with Crippen molar-refractivity contribution in [3.63, 3.8) is 0 Å². The standard InChI is InChI=1S/C36H32O6/c1-37-25-5-9-29-21(13-25)17-33-18-22-14-26(38-2)6-10-30(22)35(29,33)42-34-19-23-15-27(39-3)7-11-31(23)36(34,41-33)32-12-8-28(40-4)16-24(32)20-34/h5-16H,17-20H2,1-4H3. The zero-order valence-corrected chi connectivity index (χ0v) is 24.2. The van der Waals surface area contributed by atoms with Gasteiger partial charge in [0.2, 0.25) is 0 Å². The van der Waals surface area contributed by atoms with Crippen molar-refractivity contribution in [1.82, 2.24) is 0 Å². The summed E-state index contributed by atoms with van der Waals surface area (Å²) in [5.74, 6) is 3.39. The first-order valence-electron chi connectivity index (χ1n) is 14.5. The molecule has 0 radical (unpaired) electrons. The maximum atomic E-state index is 7.96. The Morgan fingerprint density at radius 1 is 0.429 bits per heavy atom. The fraction of sp³-hybridized carbons (Fsp3) is 0.333. The van der Waals surface area contributed by atoms with E-state index in [1.54, 1.807) is 28.4 Å². The quantitative estimate of drug-likeness (QED) is 0.321. The van der Waals surface area contributed by atoms with Crippen molar-refractivity contribution < 1.29 is 28.4 Å². The van der Waals surface area contributed by atoms with E-state index in [0.717, 1.165) is 45.3 Å². The van der Waals surface area contributed by atoms with Crippen molar-refractivity contribution >= 4 is 0 Å². The van der Waals surface area contributed by atoms with E-state index in [0.29, 0.717) is 25.7 Å². The van der Waals surface area contributed by atoms with Gasteiger partial charge < -0.3 is 28.4 Å². The predicted molar refractivity (Wildman–Crippen MR) is 156 cm³/mol. The van der Waals surface area contributed by atoms with E-state index in [9.17, 15) is 0 Å². The molecular weight excluding hydrogens is 528 g/mol. The number of hydrogen-bond acceptors (Lipinski definition) is 6. The highest BCUT2D eigenvalue weighted by atomic mass is 16.6. The molecule has 0 saturated carbocycles. The summed E-state index contributed by atoms with van der Waals surface area (Å²) >= 11 is 0. The molecule has 42 heavy (non-hydrogen) atoms. The first-order valence-corrected chi connectivity index (χ1v) is 14.5. The van der Waals surface area contributed by atoms with Crippen LogP contribution in [-0.4, -0.2) is 39.6 Å². The van der Waals surface area contributed by atoms with Gasteiger partial charge in [-0.15, -0.1) is 0 Å². The van der Waals surface area contributed by atoms with Gasteiger partial charge in [-0.2, -0.15) is 0 Å². The molecule has 1 fully saturated rings. The molecule has 1 heterocycles. The van der Waals surface area contributed by atoms with Gasteiger partial charge in [-0.3, -0.25) is 0 Å². The molecule has 5 aliphatic rings. The van der Waals surface area contributed by atoms with Crippen LogP contribution in [0.25, 0.3) is 0 Å². The van der Waals surface area contributed by atoms with Crippen molar-refractivity contribution in [2.75, 3.05) is 28.4 Å². The molecule has 4 aromatic rings. The summed E-state index contributed by atoms with van der Waals surface area (Å²) in [5.41, 5.74) is 6.63. The van der Waals surface area contributed by atoms with E-state index < -0.39 is 22.4 Å². The zero-order chi connectivity index (χ0) is 28.5. The van der Waals surface area contributed by atoms with Crippen LogP contribution < -0.4 is 18.9 Å². The lowest BCUT2D eigenvalue weighted by molar-refractivity contribution is -0.358. The highest BCUT2D eigenvalue weighted by molar-refractivity contribution is 5.66.